The molecule has 0 aromatic heterocycles. The van der Waals surface area contributed by atoms with Crippen LogP contribution in [0, 0.1) is 0 Å². The molecule has 7 heavy (non-hydrogen) atoms. The Kier molecular flexibility index (Phi) is 5.96. The van der Waals surface area contributed by atoms with Crippen LogP contribution < -0.4 is 4.72 Å². The third kappa shape index (κ3) is 5.98. The molecule has 0 aliphatic rings. The van der Waals surface area contributed by atoms with Crippen LogP contribution in [0.15, 0.2) is 12.7 Å². The van der Waals surface area contributed by atoms with Gasteiger partial charge in [0.2, 0.25) is 0 Å². The van der Waals surface area contributed by atoms with Gasteiger partial charge in [0.15, 0.2) is 0 Å². The fraction of sp³-hybridized carbons (Fsp3) is 0.250. The standard InChI is InChI=1S/C4H6NS2/c1-2-3-7-5-4-6/h2H,1,3H2,(H,5,6). The Labute approximate surface area is 53.3 Å². The topological polar surface area (TPSA) is 12.0 Å². The number of rotatable bonds is 4. The molecule has 0 fully saturated rings. The summed E-state index contributed by atoms with van der Waals surface area (Å²) < 4.78 is 2.66. The first-order chi connectivity index (χ1) is 3.41. The molecule has 0 aromatic rings. The third-order valence-electron chi connectivity index (χ3n) is 0.315. The monoisotopic (exact) mass is 132 g/mol. The minimum absolute atomic E-state index is 0.865. The molecule has 0 bridgehead atoms. The lowest BCUT2D eigenvalue weighted by molar-refractivity contribution is 1.62. The van der Waals surface area contributed by atoms with Crippen LogP contribution in [0.4, 0.5) is 0 Å². The average Bonchev–Trinajstić information content (AvgIpc) is 1.69. The molecule has 1 radical (unpaired) electrons. The van der Waals surface area contributed by atoms with Crippen LogP contribution in [-0.2, 0) is 0 Å². The van der Waals surface area contributed by atoms with Gasteiger partial charge in [0.05, 0.1) is 0 Å². The van der Waals surface area contributed by atoms with Gasteiger partial charge in [-0.1, -0.05) is 18.3 Å². The fourth-order valence-corrected chi connectivity index (χ4v) is 0.567. The Morgan fingerprint density at radius 1 is 2.00 bits per heavy atom. The van der Waals surface area contributed by atoms with E-state index in [4.69, 9.17) is 0 Å². The summed E-state index contributed by atoms with van der Waals surface area (Å²) in [4.78, 5) is 0. The van der Waals surface area contributed by atoms with Crippen molar-refractivity contribution in [3.8, 4) is 0 Å². The van der Waals surface area contributed by atoms with E-state index in [2.05, 4.69) is 29.0 Å². The first-order valence-electron chi connectivity index (χ1n) is 1.76. The van der Waals surface area contributed by atoms with E-state index in [1.807, 2.05) is 0 Å². The van der Waals surface area contributed by atoms with Gasteiger partial charge in [-0.15, -0.1) is 6.58 Å². The van der Waals surface area contributed by atoms with Gasteiger partial charge in [0, 0.05) is 5.75 Å². The lowest BCUT2D eigenvalue weighted by Crippen LogP contribution is -1.95. The summed E-state index contributed by atoms with van der Waals surface area (Å²) in [5.41, 5.74) is 2.35. The second-order valence-corrected chi connectivity index (χ2v) is 1.83. The zero-order chi connectivity index (χ0) is 5.54. The molecular weight excluding hydrogens is 126 g/mol. The minimum Gasteiger partial charge on any atom is -0.318 e. The molecule has 0 spiro atoms. The summed E-state index contributed by atoms with van der Waals surface area (Å²) in [6.07, 6.45) is 1.80. The first kappa shape index (κ1) is 6.98. The molecule has 0 atom stereocenters. The predicted molar refractivity (Wildman–Crippen MR) is 38.4 cm³/mol. The lowest BCUT2D eigenvalue weighted by atomic mass is 10.8. The Bertz CT molecular complexity index is 54.7. The Morgan fingerprint density at radius 3 is 3.14 bits per heavy atom. The molecule has 0 aromatic carbocycles. The van der Waals surface area contributed by atoms with E-state index >= 15 is 0 Å². The van der Waals surface area contributed by atoms with E-state index in [1.165, 1.54) is 11.9 Å². The number of hydrogen-bond acceptors (Lipinski definition) is 2. The smallest absolute Gasteiger partial charge is 0.144 e. The molecule has 0 rings (SSSR count). The third-order valence-corrected chi connectivity index (χ3v) is 1.20. The van der Waals surface area contributed by atoms with E-state index in [1.54, 1.807) is 6.08 Å². The lowest BCUT2D eigenvalue weighted by Gasteiger charge is -1.87. The highest BCUT2D eigenvalue weighted by atomic mass is 32.2. The summed E-state index contributed by atoms with van der Waals surface area (Å²) >= 11 is 5.82. The van der Waals surface area contributed by atoms with Crippen LogP contribution in [0.3, 0.4) is 0 Å². The molecule has 0 unspecified atom stereocenters. The van der Waals surface area contributed by atoms with Gasteiger partial charge in [-0.25, -0.2) is 0 Å². The maximum atomic E-state index is 4.35. The zero-order valence-corrected chi connectivity index (χ0v) is 5.44. The van der Waals surface area contributed by atoms with Crippen molar-refractivity contribution < 1.29 is 0 Å². The van der Waals surface area contributed by atoms with Crippen LogP contribution in [0.2, 0.25) is 0 Å². The summed E-state index contributed by atoms with van der Waals surface area (Å²) in [5, 5.41) is 0. The molecule has 0 heterocycles. The highest BCUT2D eigenvalue weighted by Crippen LogP contribution is 1.88. The molecule has 0 amide bonds. The molecule has 0 saturated carbocycles. The van der Waals surface area contributed by atoms with E-state index in [9.17, 15) is 0 Å². The number of nitrogens with one attached hydrogen (secondary N) is 1. The Morgan fingerprint density at radius 2 is 2.71 bits per heavy atom. The molecule has 1 N–H and O–H groups in total. The van der Waals surface area contributed by atoms with Gasteiger partial charge in [-0.3, -0.25) is 0 Å². The van der Waals surface area contributed by atoms with Crippen LogP contribution in [0.25, 0.3) is 0 Å². The van der Waals surface area contributed by atoms with Crippen molar-refractivity contribution in [1.82, 2.24) is 4.72 Å². The second-order valence-electron chi connectivity index (χ2n) is 0.804. The van der Waals surface area contributed by atoms with Gasteiger partial charge in [0.25, 0.3) is 0 Å². The average molecular weight is 132 g/mol. The van der Waals surface area contributed by atoms with Crippen molar-refractivity contribution in [2.45, 2.75) is 0 Å². The Hall–Kier alpha value is -0.0200. The molecule has 39 valence electrons. The van der Waals surface area contributed by atoms with E-state index < -0.39 is 0 Å². The largest absolute Gasteiger partial charge is 0.318 e. The van der Waals surface area contributed by atoms with Gasteiger partial charge >= 0.3 is 0 Å². The zero-order valence-electron chi connectivity index (χ0n) is 3.81. The van der Waals surface area contributed by atoms with E-state index in [0.717, 1.165) is 5.75 Å². The van der Waals surface area contributed by atoms with Gasteiger partial charge in [0.1, 0.15) is 5.49 Å². The van der Waals surface area contributed by atoms with Crippen molar-refractivity contribution >= 4 is 29.7 Å². The van der Waals surface area contributed by atoms with Crippen LogP contribution in [0.1, 0.15) is 0 Å². The second kappa shape index (κ2) is 5.98. The van der Waals surface area contributed by atoms with Crippen LogP contribution in [0.5, 0.6) is 0 Å². The highest BCUT2D eigenvalue weighted by Gasteiger charge is 1.72. The number of thiocarbonyl (C=S) groups is 1. The maximum absolute atomic E-state index is 4.35. The fourth-order valence-electron chi connectivity index (χ4n) is 0.130. The van der Waals surface area contributed by atoms with Crippen molar-refractivity contribution in [3.63, 3.8) is 0 Å². The van der Waals surface area contributed by atoms with Crippen molar-refractivity contribution in [2.24, 2.45) is 0 Å². The van der Waals surface area contributed by atoms with Crippen molar-refractivity contribution in [2.75, 3.05) is 5.75 Å². The quantitative estimate of drug-likeness (QED) is 0.203. The molecule has 0 saturated heterocycles. The normalized spacial score (nSPS) is 7.43. The number of hydrogen-bond donors (Lipinski definition) is 1. The van der Waals surface area contributed by atoms with Gasteiger partial charge < -0.3 is 4.72 Å². The van der Waals surface area contributed by atoms with Crippen molar-refractivity contribution in [3.05, 3.63) is 12.7 Å². The molecule has 1 nitrogen and oxygen atoms in total. The molecule has 3 heteroatoms. The summed E-state index contributed by atoms with van der Waals surface area (Å²) in [6.45, 7) is 3.51. The maximum Gasteiger partial charge on any atom is 0.144 e. The summed E-state index contributed by atoms with van der Waals surface area (Å²) in [6, 6.07) is 0. The molecular formula is C4H6NS2. The predicted octanol–water partition coefficient (Wildman–Crippen LogP) is 1.24. The molecule has 0 aliphatic heterocycles. The van der Waals surface area contributed by atoms with Crippen LogP contribution in [-0.4, -0.2) is 11.2 Å². The van der Waals surface area contributed by atoms with Gasteiger partial charge in [-0.2, -0.15) is 0 Å². The van der Waals surface area contributed by atoms with Gasteiger partial charge in [-0.05, 0) is 11.9 Å². The summed E-state index contributed by atoms with van der Waals surface area (Å²) in [5.74, 6) is 0.865. The van der Waals surface area contributed by atoms with E-state index in [0.29, 0.717) is 0 Å². The van der Waals surface area contributed by atoms with E-state index in [-0.39, 0.29) is 0 Å². The SMILES string of the molecule is C=CCSN[C]=S. The minimum atomic E-state index is 0.865. The van der Waals surface area contributed by atoms with Crippen molar-refractivity contribution in [1.29, 1.82) is 0 Å². The first-order valence-corrected chi connectivity index (χ1v) is 3.16. The highest BCUT2D eigenvalue weighted by molar-refractivity contribution is 7.98. The Balaban J connectivity index is 2.68. The molecule has 0 aliphatic carbocycles. The van der Waals surface area contributed by atoms with Crippen LogP contribution >= 0.6 is 24.2 Å². The summed E-state index contributed by atoms with van der Waals surface area (Å²) in [7, 11) is 0.